The van der Waals surface area contributed by atoms with Gasteiger partial charge in [-0.2, -0.15) is 0 Å². The lowest BCUT2D eigenvalue weighted by Crippen LogP contribution is -2.46. The van der Waals surface area contributed by atoms with Gasteiger partial charge in [-0.05, 0) is 17.2 Å². The zero-order chi connectivity index (χ0) is 19.6. The van der Waals surface area contributed by atoms with Gasteiger partial charge in [0.25, 0.3) is 0 Å². The van der Waals surface area contributed by atoms with Gasteiger partial charge in [-0.25, -0.2) is 4.79 Å². The molecule has 1 N–H and O–H groups in total. The number of carbonyl (C=O) groups is 2. The zero-order valence-corrected chi connectivity index (χ0v) is 15.6. The van der Waals surface area contributed by atoms with Crippen molar-refractivity contribution in [1.29, 1.82) is 0 Å². The van der Waals surface area contributed by atoms with E-state index in [4.69, 9.17) is 4.74 Å². The van der Waals surface area contributed by atoms with Crippen LogP contribution in [0.3, 0.4) is 0 Å². The molecular formula is C24H21NO3. The molecule has 28 heavy (non-hydrogen) atoms. The van der Waals surface area contributed by atoms with E-state index in [2.05, 4.69) is 5.32 Å². The molecule has 0 unspecified atom stereocenters. The van der Waals surface area contributed by atoms with Gasteiger partial charge < -0.3 is 10.1 Å². The third-order valence-corrected chi connectivity index (χ3v) is 5.41. The number of para-hydroxylation sites is 1. The van der Waals surface area contributed by atoms with E-state index in [1.54, 1.807) is 12.1 Å². The van der Waals surface area contributed by atoms with Crippen LogP contribution < -0.4 is 5.32 Å². The number of benzene rings is 3. The molecule has 140 valence electrons. The van der Waals surface area contributed by atoms with E-state index in [0.717, 1.165) is 16.8 Å². The number of hydrogen-bond acceptors (Lipinski definition) is 4. The van der Waals surface area contributed by atoms with Gasteiger partial charge in [0.2, 0.25) is 0 Å². The van der Waals surface area contributed by atoms with Crippen LogP contribution in [0.1, 0.15) is 33.8 Å². The van der Waals surface area contributed by atoms with Crippen molar-refractivity contribution >= 4 is 17.4 Å². The summed E-state index contributed by atoms with van der Waals surface area (Å²) in [5.41, 5.74) is 2.07. The SMILES string of the molecule is COC(=O)[C@@]1(c2ccccc2)Nc2ccccc2[C@@H]1CC(=O)c1ccccc1. The highest BCUT2D eigenvalue weighted by Crippen LogP contribution is 2.51. The molecule has 1 heterocycles. The third-order valence-electron chi connectivity index (χ3n) is 5.41. The number of ether oxygens (including phenoxy) is 1. The van der Waals surface area contributed by atoms with Crippen molar-refractivity contribution in [3.8, 4) is 0 Å². The summed E-state index contributed by atoms with van der Waals surface area (Å²) in [6.07, 6.45) is 0.192. The van der Waals surface area contributed by atoms with Crippen LogP contribution in [0.15, 0.2) is 84.9 Å². The normalized spacial score (nSPS) is 20.1. The number of Topliss-reactive ketones (excluding diaryl/α,β-unsaturated/α-hetero) is 1. The Hall–Kier alpha value is -3.40. The molecule has 0 radical (unpaired) electrons. The fourth-order valence-corrected chi connectivity index (χ4v) is 4.08. The Morgan fingerprint density at radius 2 is 1.50 bits per heavy atom. The molecule has 0 aromatic heterocycles. The van der Waals surface area contributed by atoms with Crippen molar-refractivity contribution < 1.29 is 14.3 Å². The maximum Gasteiger partial charge on any atom is 0.336 e. The summed E-state index contributed by atoms with van der Waals surface area (Å²) in [6, 6.07) is 26.4. The summed E-state index contributed by atoms with van der Waals surface area (Å²) in [4.78, 5) is 26.2. The molecule has 0 fully saturated rings. The van der Waals surface area contributed by atoms with E-state index in [9.17, 15) is 9.59 Å². The van der Waals surface area contributed by atoms with Gasteiger partial charge >= 0.3 is 5.97 Å². The number of ketones is 1. The number of nitrogens with one attached hydrogen (secondary N) is 1. The first kappa shape index (κ1) is 18.0. The Labute approximate surface area is 164 Å². The smallest absolute Gasteiger partial charge is 0.336 e. The van der Waals surface area contributed by atoms with Crippen LogP contribution in [0.4, 0.5) is 5.69 Å². The molecule has 0 saturated carbocycles. The van der Waals surface area contributed by atoms with Gasteiger partial charge in [0.05, 0.1) is 7.11 Å². The lowest BCUT2D eigenvalue weighted by atomic mass is 9.74. The highest BCUT2D eigenvalue weighted by atomic mass is 16.5. The molecule has 3 aromatic rings. The average Bonchev–Trinajstić information content (AvgIpc) is 3.09. The van der Waals surface area contributed by atoms with Crippen LogP contribution in [-0.2, 0) is 15.1 Å². The summed E-state index contributed by atoms with van der Waals surface area (Å²) in [5.74, 6) is -0.791. The van der Waals surface area contributed by atoms with Crippen LogP contribution in [0.2, 0.25) is 0 Å². The van der Waals surface area contributed by atoms with Gasteiger partial charge in [-0.15, -0.1) is 0 Å². The Kier molecular flexibility index (Phi) is 4.70. The Morgan fingerprint density at radius 1 is 0.893 bits per heavy atom. The van der Waals surface area contributed by atoms with E-state index in [-0.39, 0.29) is 18.1 Å². The second-order valence-electron chi connectivity index (χ2n) is 6.92. The highest BCUT2D eigenvalue weighted by molar-refractivity contribution is 5.99. The maximum atomic E-state index is 13.1. The minimum absolute atomic E-state index is 0.00619. The summed E-state index contributed by atoms with van der Waals surface area (Å²) >= 11 is 0. The predicted octanol–water partition coefficient (Wildman–Crippen LogP) is 4.54. The molecular weight excluding hydrogens is 350 g/mol. The number of anilines is 1. The highest BCUT2D eigenvalue weighted by Gasteiger charge is 2.54. The predicted molar refractivity (Wildman–Crippen MR) is 108 cm³/mol. The molecule has 3 aromatic carbocycles. The first-order valence-corrected chi connectivity index (χ1v) is 9.26. The Bertz CT molecular complexity index is 1000. The fraction of sp³-hybridized carbons (Fsp3) is 0.167. The van der Waals surface area contributed by atoms with Crippen LogP contribution in [0.25, 0.3) is 0 Å². The van der Waals surface area contributed by atoms with Crippen molar-refractivity contribution in [2.75, 3.05) is 12.4 Å². The quantitative estimate of drug-likeness (QED) is 0.529. The van der Waals surface area contributed by atoms with E-state index in [1.165, 1.54) is 7.11 Å². The number of carbonyl (C=O) groups excluding carboxylic acids is 2. The van der Waals surface area contributed by atoms with E-state index in [1.807, 2.05) is 72.8 Å². The third kappa shape index (κ3) is 2.87. The summed E-state index contributed by atoms with van der Waals surface area (Å²) in [7, 11) is 1.38. The molecule has 4 heteroatoms. The summed E-state index contributed by atoms with van der Waals surface area (Å²) in [5, 5.41) is 3.40. The van der Waals surface area contributed by atoms with Crippen molar-refractivity contribution in [1.82, 2.24) is 0 Å². The second-order valence-corrected chi connectivity index (χ2v) is 6.92. The average molecular weight is 371 g/mol. The Balaban J connectivity index is 1.84. The van der Waals surface area contributed by atoms with Gasteiger partial charge in [0, 0.05) is 23.6 Å². The van der Waals surface area contributed by atoms with E-state index >= 15 is 0 Å². The van der Waals surface area contributed by atoms with Gasteiger partial charge in [0.15, 0.2) is 11.3 Å². The second kappa shape index (κ2) is 7.31. The van der Waals surface area contributed by atoms with Crippen molar-refractivity contribution in [3.05, 3.63) is 102 Å². The van der Waals surface area contributed by atoms with E-state index < -0.39 is 11.5 Å². The van der Waals surface area contributed by atoms with E-state index in [0.29, 0.717) is 5.56 Å². The molecule has 4 nitrogen and oxygen atoms in total. The summed E-state index contributed by atoms with van der Waals surface area (Å²) < 4.78 is 5.23. The monoisotopic (exact) mass is 371 g/mol. The van der Waals surface area contributed by atoms with Crippen LogP contribution in [-0.4, -0.2) is 18.9 Å². The van der Waals surface area contributed by atoms with Crippen LogP contribution in [0, 0.1) is 0 Å². The first-order valence-electron chi connectivity index (χ1n) is 9.26. The molecule has 1 aliphatic heterocycles. The molecule has 0 amide bonds. The molecule has 0 spiro atoms. The van der Waals surface area contributed by atoms with Gasteiger partial charge in [-0.3, -0.25) is 4.79 Å². The standard InChI is InChI=1S/C24H21NO3/c1-28-23(27)24(18-12-6-3-7-13-18)20(19-14-8-9-15-21(19)25-24)16-22(26)17-10-4-2-5-11-17/h2-15,20,25H,16H2,1H3/t20-,24-/m0/s1. The topological polar surface area (TPSA) is 55.4 Å². The van der Waals surface area contributed by atoms with Crippen molar-refractivity contribution in [2.45, 2.75) is 17.9 Å². The largest absolute Gasteiger partial charge is 0.467 e. The lowest BCUT2D eigenvalue weighted by molar-refractivity contribution is -0.147. The number of methoxy groups -OCH3 is 1. The zero-order valence-electron chi connectivity index (χ0n) is 15.6. The minimum atomic E-state index is -1.15. The number of hydrogen-bond donors (Lipinski definition) is 1. The Morgan fingerprint density at radius 3 is 2.18 bits per heavy atom. The molecule has 0 aliphatic carbocycles. The fourth-order valence-electron chi connectivity index (χ4n) is 4.08. The number of fused-ring (bicyclic) bond motifs is 1. The molecule has 0 bridgehead atoms. The molecule has 2 atom stereocenters. The molecule has 0 saturated heterocycles. The van der Waals surface area contributed by atoms with Gasteiger partial charge in [0.1, 0.15) is 0 Å². The van der Waals surface area contributed by atoms with Crippen LogP contribution >= 0.6 is 0 Å². The van der Waals surface area contributed by atoms with Crippen molar-refractivity contribution in [2.24, 2.45) is 0 Å². The minimum Gasteiger partial charge on any atom is -0.467 e. The van der Waals surface area contributed by atoms with Crippen molar-refractivity contribution in [3.63, 3.8) is 0 Å². The number of esters is 1. The van der Waals surface area contributed by atoms with Crippen LogP contribution in [0.5, 0.6) is 0 Å². The maximum absolute atomic E-state index is 13.1. The lowest BCUT2D eigenvalue weighted by Gasteiger charge is -2.33. The number of rotatable bonds is 5. The van der Waals surface area contributed by atoms with Gasteiger partial charge in [-0.1, -0.05) is 78.9 Å². The summed E-state index contributed by atoms with van der Waals surface area (Å²) in [6.45, 7) is 0. The first-order chi connectivity index (χ1) is 13.7. The molecule has 1 aliphatic rings. The molecule has 4 rings (SSSR count).